The number of benzene rings is 2. The van der Waals surface area contributed by atoms with Crippen molar-refractivity contribution < 1.29 is 9.47 Å². The van der Waals surface area contributed by atoms with Crippen LogP contribution in [-0.4, -0.2) is 13.2 Å². The maximum atomic E-state index is 5.82. The minimum Gasteiger partial charge on any atom is -0.492 e. The van der Waals surface area contributed by atoms with Crippen LogP contribution in [0.1, 0.15) is 11.1 Å². The molecule has 2 aromatic rings. The third kappa shape index (κ3) is 3.65. The topological polar surface area (TPSA) is 30.5 Å². The molecule has 0 fully saturated rings. The van der Waals surface area contributed by atoms with Crippen LogP contribution in [0.15, 0.2) is 48.5 Å². The Morgan fingerprint density at radius 2 is 1.95 bits per heavy atom. The monoisotopic (exact) mass is 291 g/mol. The second-order valence-corrected chi connectivity index (χ2v) is 4.57. The summed E-state index contributed by atoms with van der Waals surface area (Å²) in [6.07, 6.45) is 0. The average molecular weight is 292 g/mol. The SMILES string of the molecule is Cl.c1ccc(COc2ccc3c(c2)CNCCO3)cc1. The lowest BCUT2D eigenvalue weighted by Crippen LogP contribution is -2.16. The molecule has 3 nitrogen and oxygen atoms in total. The van der Waals surface area contributed by atoms with Crippen molar-refractivity contribution in [3.8, 4) is 11.5 Å². The highest BCUT2D eigenvalue weighted by Crippen LogP contribution is 2.25. The summed E-state index contributed by atoms with van der Waals surface area (Å²) in [7, 11) is 0. The van der Waals surface area contributed by atoms with Gasteiger partial charge in [0.2, 0.25) is 0 Å². The Hall–Kier alpha value is -1.71. The molecule has 0 unspecified atom stereocenters. The van der Waals surface area contributed by atoms with E-state index in [1.807, 2.05) is 30.3 Å². The molecule has 0 radical (unpaired) electrons. The highest BCUT2D eigenvalue weighted by Gasteiger charge is 2.09. The van der Waals surface area contributed by atoms with Gasteiger partial charge in [0.05, 0.1) is 0 Å². The summed E-state index contributed by atoms with van der Waals surface area (Å²) in [5.41, 5.74) is 2.33. The van der Waals surface area contributed by atoms with Gasteiger partial charge in [-0.1, -0.05) is 30.3 Å². The van der Waals surface area contributed by atoms with E-state index in [0.717, 1.165) is 36.8 Å². The molecule has 0 aliphatic carbocycles. The fourth-order valence-electron chi connectivity index (χ4n) is 2.12. The standard InChI is InChI=1S/C16H17NO2.ClH/c1-2-4-13(5-3-1)12-19-15-6-7-16-14(10-15)11-17-8-9-18-16;/h1-7,10,17H,8-9,11-12H2;1H. The van der Waals surface area contributed by atoms with Crippen molar-refractivity contribution in [1.82, 2.24) is 5.32 Å². The van der Waals surface area contributed by atoms with Crippen molar-refractivity contribution in [3.05, 3.63) is 59.7 Å². The van der Waals surface area contributed by atoms with Crippen molar-refractivity contribution in [3.63, 3.8) is 0 Å². The molecular formula is C16H18ClNO2. The second kappa shape index (κ2) is 7.17. The fourth-order valence-corrected chi connectivity index (χ4v) is 2.12. The van der Waals surface area contributed by atoms with Gasteiger partial charge in [-0.2, -0.15) is 0 Å². The molecule has 0 spiro atoms. The number of rotatable bonds is 3. The molecule has 0 amide bonds. The first-order valence-corrected chi connectivity index (χ1v) is 6.55. The summed E-state index contributed by atoms with van der Waals surface area (Å²) >= 11 is 0. The molecule has 0 aromatic heterocycles. The van der Waals surface area contributed by atoms with Crippen LogP contribution in [0.2, 0.25) is 0 Å². The summed E-state index contributed by atoms with van der Waals surface area (Å²) in [6.45, 7) is 3.03. The van der Waals surface area contributed by atoms with Crippen LogP contribution in [0.4, 0.5) is 0 Å². The Morgan fingerprint density at radius 3 is 2.80 bits per heavy atom. The molecule has 1 aliphatic heterocycles. The first-order valence-electron chi connectivity index (χ1n) is 6.55. The lowest BCUT2D eigenvalue weighted by Gasteiger charge is -2.10. The maximum Gasteiger partial charge on any atom is 0.124 e. The third-order valence-corrected chi connectivity index (χ3v) is 3.13. The van der Waals surface area contributed by atoms with Crippen molar-refractivity contribution in [1.29, 1.82) is 0 Å². The molecule has 1 aliphatic rings. The summed E-state index contributed by atoms with van der Waals surface area (Å²) in [5.74, 6) is 1.84. The maximum absolute atomic E-state index is 5.82. The first-order chi connectivity index (χ1) is 9.42. The van der Waals surface area contributed by atoms with Gasteiger partial charge in [0.25, 0.3) is 0 Å². The number of hydrogen-bond acceptors (Lipinski definition) is 3. The molecule has 4 heteroatoms. The molecule has 0 atom stereocenters. The zero-order valence-electron chi connectivity index (χ0n) is 11.2. The number of nitrogens with one attached hydrogen (secondary N) is 1. The van der Waals surface area contributed by atoms with E-state index in [9.17, 15) is 0 Å². The van der Waals surface area contributed by atoms with Crippen molar-refractivity contribution >= 4 is 12.4 Å². The minimum absolute atomic E-state index is 0. The zero-order chi connectivity index (χ0) is 12.9. The summed E-state index contributed by atoms with van der Waals surface area (Å²) in [4.78, 5) is 0. The van der Waals surface area contributed by atoms with E-state index in [1.54, 1.807) is 0 Å². The molecular weight excluding hydrogens is 274 g/mol. The largest absolute Gasteiger partial charge is 0.492 e. The Morgan fingerprint density at radius 1 is 1.10 bits per heavy atom. The van der Waals surface area contributed by atoms with Gasteiger partial charge < -0.3 is 14.8 Å². The summed E-state index contributed by atoms with van der Waals surface area (Å²) in [5, 5.41) is 3.32. The van der Waals surface area contributed by atoms with Crippen LogP contribution in [0.3, 0.4) is 0 Å². The van der Waals surface area contributed by atoms with Crippen LogP contribution in [0.25, 0.3) is 0 Å². The van der Waals surface area contributed by atoms with E-state index in [-0.39, 0.29) is 12.4 Å². The fraction of sp³-hybridized carbons (Fsp3) is 0.250. The van der Waals surface area contributed by atoms with Gasteiger partial charge in [0.1, 0.15) is 24.7 Å². The predicted octanol–water partition coefficient (Wildman–Crippen LogP) is 3.17. The molecule has 20 heavy (non-hydrogen) atoms. The smallest absolute Gasteiger partial charge is 0.124 e. The van der Waals surface area contributed by atoms with E-state index in [1.165, 1.54) is 5.56 Å². The van der Waals surface area contributed by atoms with E-state index in [4.69, 9.17) is 9.47 Å². The molecule has 1 N–H and O–H groups in total. The second-order valence-electron chi connectivity index (χ2n) is 4.57. The van der Waals surface area contributed by atoms with Gasteiger partial charge in [0.15, 0.2) is 0 Å². The molecule has 0 saturated heterocycles. The lowest BCUT2D eigenvalue weighted by molar-refractivity contribution is 0.303. The summed E-state index contributed by atoms with van der Waals surface area (Å²) in [6, 6.07) is 16.2. The van der Waals surface area contributed by atoms with E-state index >= 15 is 0 Å². The normalized spacial score (nSPS) is 13.4. The van der Waals surface area contributed by atoms with Crippen LogP contribution < -0.4 is 14.8 Å². The first kappa shape index (κ1) is 14.7. The lowest BCUT2D eigenvalue weighted by atomic mass is 10.2. The molecule has 1 heterocycles. The van der Waals surface area contributed by atoms with Gasteiger partial charge in [-0.15, -0.1) is 12.4 Å². The van der Waals surface area contributed by atoms with E-state index in [0.29, 0.717) is 6.61 Å². The van der Waals surface area contributed by atoms with Gasteiger partial charge in [-0.3, -0.25) is 0 Å². The van der Waals surface area contributed by atoms with Crippen LogP contribution in [0.5, 0.6) is 11.5 Å². The Balaban J connectivity index is 0.00000147. The van der Waals surface area contributed by atoms with Crippen LogP contribution >= 0.6 is 12.4 Å². The zero-order valence-corrected chi connectivity index (χ0v) is 12.0. The Labute approximate surface area is 125 Å². The highest BCUT2D eigenvalue weighted by atomic mass is 35.5. The molecule has 0 saturated carbocycles. The van der Waals surface area contributed by atoms with Crippen molar-refractivity contribution in [2.45, 2.75) is 13.2 Å². The predicted molar refractivity (Wildman–Crippen MR) is 81.7 cm³/mol. The van der Waals surface area contributed by atoms with Gasteiger partial charge >= 0.3 is 0 Å². The molecule has 106 valence electrons. The van der Waals surface area contributed by atoms with Crippen molar-refractivity contribution in [2.24, 2.45) is 0 Å². The summed E-state index contributed by atoms with van der Waals surface area (Å²) < 4.78 is 11.5. The minimum atomic E-state index is 0. The quantitative estimate of drug-likeness (QED) is 0.942. The number of halogens is 1. The van der Waals surface area contributed by atoms with E-state index < -0.39 is 0 Å². The third-order valence-electron chi connectivity index (χ3n) is 3.13. The molecule has 0 bridgehead atoms. The van der Waals surface area contributed by atoms with Gasteiger partial charge in [0, 0.05) is 18.7 Å². The Kier molecular flexibility index (Phi) is 5.27. The number of ether oxygens (including phenoxy) is 2. The van der Waals surface area contributed by atoms with Crippen molar-refractivity contribution in [2.75, 3.05) is 13.2 Å². The van der Waals surface area contributed by atoms with Crippen LogP contribution in [0, 0.1) is 0 Å². The van der Waals surface area contributed by atoms with Crippen LogP contribution in [-0.2, 0) is 13.2 Å². The molecule has 2 aromatic carbocycles. The van der Waals surface area contributed by atoms with Gasteiger partial charge in [-0.25, -0.2) is 0 Å². The number of fused-ring (bicyclic) bond motifs is 1. The number of hydrogen-bond donors (Lipinski definition) is 1. The Bertz CT molecular complexity index is 545. The molecule has 3 rings (SSSR count). The average Bonchev–Trinajstić information content (AvgIpc) is 2.71. The highest BCUT2D eigenvalue weighted by molar-refractivity contribution is 5.85. The van der Waals surface area contributed by atoms with Gasteiger partial charge in [-0.05, 0) is 23.8 Å². The van der Waals surface area contributed by atoms with E-state index in [2.05, 4.69) is 23.5 Å².